The smallest absolute Gasteiger partial charge is 0.224 e. The van der Waals surface area contributed by atoms with Crippen LogP contribution in [-0.4, -0.2) is 19.1 Å². The van der Waals surface area contributed by atoms with Crippen LogP contribution in [0.1, 0.15) is 32.8 Å². The molecule has 1 fully saturated rings. The van der Waals surface area contributed by atoms with Crippen LogP contribution >= 0.6 is 0 Å². The zero-order valence-electron chi connectivity index (χ0n) is 11.3. The van der Waals surface area contributed by atoms with Crippen molar-refractivity contribution in [3.63, 3.8) is 0 Å². The highest BCUT2D eigenvalue weighted by Crippen LogP contribution is 2.29. The lowest BCUT2D eigenvalue weighted by atomic mass is 9.86. The van der Waals surface area contributed by atoms with Gasteiger partial charge in [-0.25, -0.2) is 0 Å². The minimum atomic E-state index is 0.0312. The molecule has 0 aliphatic carbocycles. The van der Waals surface area contributed by atoms with Gasteiger partial charge in [0.25, 0.3) is 0 Å². The Morgan fingerprint density at radius 3 is 2.56 bits per heavy atom. The van der Waals surface area contributed by atoms with Crippen LogP contribution in [-0.2, 0) is 14.9 Å². The molecule has 0 unspecified atom stereocenters. The monoisotopic (exact) mass is 247 g/mol. The Kier molecular flexibility index (Phi) is 3.71. The SMILES string of the molecule is CC(C)(C)c1ccccc1NC(=O)CC1COC1. The van der Waals surface area contributed by atoms with E-state index in [1.807, 2.05) is 18.2 Å². The van der Waals surface area contributed by atoms with Crippen LogP contribution in [0.25, 0.3) is 0 Å². The van der Waals surface area contributed by atoms with Crippen molar-refractivity contribution in [2.45, 2.75) is 32.6 Å². The van der Waals surface area contributed by atoms with Crippen LogP contribution in [0.2, 0.25) is 0 Å². The minimum Gasteiger partial charge on any atom is -0.381 e. The van der Waals surface area contributed by atoms with Crippen molar-refractivity contribution in [1.82, 2.24) is 0 Å². The molecule has 3 heteroatoms. The fraction of sp³-hybridized carbons (Fsp3) is 0.533. The van der Waals surface area contributed by atoms with E-state index in [1.54, 1.807) is 0 Å². The fourth-order valence-corrected chi connectivity index (χ4v) is 2.11. The molecule has 1 N–H and O–H groups in total. The highest BCUT2D eigenvalue weighted by atomic mass is 16.5. The van der Waals surface area contributed by atoms with Gasteiger partial charge in [-0.3, -0.25) is 4.79 Å². The van der Waals surface area contributed by atoms with E-state index >= 15 is 0 Å². The highest BCUT2D eigenvalue weighted by Gasteiger charge is 2.23. The molecule has 98 valence electrons. The van der Waals surface area contributed by atoms with Gasteiger partial charge in [0.1, 0.15) is 0 Å². The van der Waals surface area contributed by atoms with Crippen molar-refractivity contribution in [2.75, 3.05) is 18.5 Å². The first-order chi connectivity index (χ1) is 8.47. The molecule has 3 nitrogen and oxygen atoms in total. The third kappa shape index (κ3) is 3.10. The van der Waals surface area contributed by atoms with E-state index in [2.05, 4.69) is 32.2 Å². The summed E-state index contributed by atoms with van der Waals surface area (Å²) in [5, 5.41) is 3.02. The highest BCUT2D eigenvalue weighted by molar-refractivity contribution is 5.91. The van der Waals surface area contributed by atoms with Crippen LogP contribution in [0.3, 0.4) is 0 Å². The van der Waals surface area contributed by atoms with E-state index in [9.17, 15) is 4.79 Å². The van der Waals surface area contributed by atoms with E-state index in [-0.39, 0.29) is 11.3 Å². The molecule has 18 heavy (non-hydrogen) atoms. The standard InChI is InChI=1S/C15H21NO2/c1-15(2,3)12-6-4-5-7-13(12)16-14(17)8-11-9-18-10-11/h4-7,11H,8-10H2,1-3H3,(H,16,17). The van der Waals surface area contributed by atoms with Gasteiger partial charge in [-0.1, -0.05) is 39.0 Å². The topological polar surface area (TPSA) is 38.3 Å². The second kappa shape index (κ2) is 5.11. The fourth-order valence-electron chi connectivity index (χ4n) is 2.11. The Morgan fingerprint density at radius 2 is 2.00 bits per heavy atom. The Morgan fingerprint density at radius 1 is 1.33 bits per heavy atom. The van der Waals surface area contributed by atoms with Crippen molar-refractivity contribution in [3.8, 4) is 0 Å². The van der Waals surface area contributed by atoms with Gasteiger partial charge < -0.3 is 10.1 Å². The second-order valence-electron chi connectivity index (χ2n) is 5.95. The number of hydrogen-bond donors (Lipinski definition) is 1. The van der Waals surface area contributed by atoms with Gasteiger partial charge in [0.05, 0.1) is 13.2 Å². The molecule has 1 aromatic rings. The number of amides is 1. The molecule has 0 spiro atoms. The van der Waals surface area contributed by atoms with E-state index in [4.69, 9.17) is 4.74 Å². The predicted octanol–water partition coefficient (Wildman–Crippen LogP) is 2.96. The molecule has 1 heterocycles. The van der Waals surface area contributed by atoms with Crippen molar-refractivity contribution < 1.29 is 9.53 Å². The average Bonchev–Trinajstić information content (AvgIpc) is 2.23. The number of para-hydroxylation sites is 1. The van der Waals surface area contributed by atoms with Crippen LogP contribution < -0.4 is 5.32 Å². The molecular weight excluding hydrogens is 226 g/mol. The summed E-state index contributed by atoms with van der Waals surface area (Å²) in [4.78, 5) is 11.9. The zero-order valence-corrected chi connectivity index (χ0v) is 11.3. The number of hydrogen-bond acceptors (Lipinski definition) is 2. The molecule has 1 aliphatic heterocycles. The van der Waals surface area contributed by atoms with E-state index in [1.165, 1.54) is 5.56 Å². The summed E-state index contributed by atoms with van der Waals surface area (Å²) in [5.41, 5.74) is 2.13. The summed E-state index contributed by atoms with van der Waals surface area (Å²) >= 11 is 0. The summed E-state index contributed by atoms with van der Waals surface area (Å²) in [7, 11) is 0. The lowest BCUT2D eigenvalue weighted by Crippen LogP contribution is -2.31. The van der Waals surface area contributed by atoms with Gasteiger partial charge in [-0.05, 0) is 17.0 Å². The van der Waals surface area contributed by atoms with Crippen molar-refractivity contribution in [1.29, 1.82) is 0 Å². The molecule has 1 saturated heterocycles. The maximum Gasteiger partial charge on any atom is 0.224 e. The first-order valence-corrected chi connectivity index (χ1v) is 6.44. The van der Waals surface area contributed by atoms with Gasteiger partial charge >= 0.3 is 0 Å². The number of ether oxygens (including phenoxy) is 1. The van der Waals surface area contributed by atoms with Gasteiger partial charge in [0.2, 0.25) is 5.91 Å². The van der Waals surface area contributed by atoms with Crippen molar-refractivity contribution in [3.05, 3.63) is 29.8 Å². The molecule has 0 saturated carbocycles. The molecule has 0 atom stereocenters. The first kappa shape index (κ1) is 13.1. The molecule has 2 rings (SSSR count). The summed E-state index contributed by atoms with van der Waals surface area (Å²) < 4.78 is 5.08. The summed E-state index contributed by atoms with van der Waals surface area (Å²) in [6.45, 7) is 7.88. The maximum absolute atomic E-state index is 11.9. The quantitative estimate of drug-likeness (QED) is 0.891. The number of carbonyl (C=O) groups is 1. The normalized spacial score (nSPS) is 16.2. The Hall–Kier alpha value is -1.35. The predicted molar refractivity (Wildman–Crippen MR) is 72.7 cm³/mol. The second-order valence-corrected chi connectivity index (χ2v) is 5.95. The number of anilines is 1. The summed E-state index contributed by atoms with van der Waals surface area (Å²) in [6, 6.07) is 8.01. The number of benzene rings is 1. The molecule has 0 radical (unpaired) electrons. The Labute approximate surface area is 109 Å². The lowest BCUT2D eigenvalue weighted by molar-refractivity contribution is -0.121. The number of rotatable bonds is 3. The summed E-state index contributed by atoms with van der Waals surface area (Å²) in [6.07, 6.45) is 0.554. The third-order valence-electron chi connectivity index (χ3n) is 3.19. The van der Waals surface area contributed by atoms with Crippen molar-refractivity contribution in [2.24, 2.45) is 5.92 Å². The van der Waals surface area contributed by atoms with E-state index in [0.29, 0.717) is 25.6 Å². The zero-order chi connectivity index (χ0) is 13.2. The van der Waals surface area contributed by atoms with Gasteiger partial charge in [-0.2, -0.15) is 0 Å². The average molecular weight is 247 g/mol. The van der Waals surface area contributed by atoms with Crippen molar-refractivity contribution >= 4 is 11.6 Å². The molecule has 1 aliphatic rings. The number of carbonyl (C=O) groups excluding carboxylic acids is 1. The summed E-state index contributed by atoms with van der Waals surface area (Å²) in [5.74, 6) is 0.479. The van der Waals surface area contributed by atoms with Gasteiger partial charge in [0.15, 0.2) is 0 Å². The third-order valence-corrected chi connectivity index (χ3v) is 3.19. The molecular formula is C15H21NO2. The molecule has 0 aromatic heterocycles. The van der Waals surface area contributed by atoms with Gasteiger partial charge in [-0.15, -0.1) is 0 Å². The molecule has 1 amide bonds. The van der Waals surface area contributed by atoms with Crippen LogP contribution in [0.15, 0.2) is 24.3 Å². The Balaban J connectivity index is 2.06. The van der Waals surface area contributed by atoms with E-state index in [0.717, 1.165) is 5.69 Å². The minimum absolute atomic E-state index is 0.0312. The number of nitrogens with one attached hydrogen (secondary N) is 1. The van der Waals surface area contributed by atoms with Crippen LogP contribution in [0.4, 0.5) is 5.69 Å². The van der Waals surface area contributed by atoms with E-state index < -0.39 is 0 Å². The van der Waals surface area contributed by atoms with Gasteiger partial charge in [0, 0.05) is 18.0 Å². The molecule has 1 aromatic carbocycles. The lowest BCUT2D eigenvalue weighted by Gasteiger charge is -2.26. The van der Waals surface area contributed by atoms with Crippen LogP contribution in [0, 0.1) is 5.92 Å². The van der Waals surface area contributed by atoms with Crippen LogP contribution in [0.5, 0.6) is 0 Å². The first-order valence-electron chi connectivity index (χ1n) is 6.44. The maximum atomic E-state index is 11.9. The molecule has 0 bridgehead atoms. The largest absolute Gasteiger partial charge is 0.381 e. The Bertz CT molecular complexity index is 430.